The average Bonchev–Trinajstić information content (AvgIpc) is 2.26. The Morgan fingerprint density at radius 2 is 1.84 bits per heavy atom. The molecule has 19 heavy (non-hydrogen) atoms. The second kappa shape index (κ2) is 5.48. The van der Waals surface area contributed by atoms with Gasteiger partial charge in [0.25, 0.3) is 0 Å². The molecule has 0 atom stereocenters. The lowest BCUT2D eigenvalue weighted by Gasteiger charge is -2.08. The molecular weight excluding hydrogens is 240 g/mol. The van der Waals surface area contributed by atoms with E-state index >= 15 is 0 Å². The van der Waals surface area contributed by atoms with Gasteiger partial charge >= 0.3 is 6.03 Å². The van der Waals surface area contributed by atoms with Crippen molar-refractivity contribution in [3.8, 4) is 0 Å². The van der Waals surface area contributed by atoms with Gasteiger partial charge in [0.15, 0.2) is 0 Å². The van der Waals surface area contributed by atoms with Crippen molar-refractivity contribution in [1.82, 2.24) is 9.97 Å². The van der Waals surface area contributed by atoms with Gasteiger partial charge in [-0.05, 0) is 38.5 Å². The van der Waals surface area contributed by atoms with Crippen LogP contribution in [0, 0.1) is 20.8 Å². The summed E-state index contributed by atoms with van der Waals surface area (Å²) >= 11 is 0. The maximum absolute atomic E-state index is 11.8. The molecule has 98 valence electrons. The first kappa shape index (κ1) is 13.0. The first-order chi connectivity index (χ1) is 9.02. The number of hydrogen-bond acceptors (Lipinski definition) is 3. The number of carbonyl (C=O) groups is 1. The highest BCUT2D eigenvalue weighted by Gasteiger charge is 2.05. The molecule has 5 heteroatoms. The number of aryl methyl sites for hydroxylation is 3. The van der Waals surface area contributed by atoms with Gasteiger partial charge in [0, 0.05) is 17.4 Å². The molecule has 2 amide bonds. The average molecular weight is 256 g/mol. The highest BCUT2D eigenvalue weighted by molar-refractivity contribution is 5.99. The number of nitrogens with zero attached hydrogens (tertiary/aromatic N) is 2. The smallest absolute Gasteiger partial charge is 0.308 e. The molecule has 0 saturated heterocycles. The number of benzene rings is 1. The van der Waals surface area contributed by atoms with Crippen LogP contribution in [-0.4, -0.2) is 16.0 Å². The molecule has 0 spiro atoms. The van der Waals surface area contributed by atoms with E-state index in [-0.39, 0.29) is 6.03 Å². The minimum Gasteiger partial charge on any atom is -0.308 e. The number of carbonyl (C=O) groups excluding carboxylic acids is 1. The van der Waals surface area contributed by atoms with E-state index in [0.717, 1.165) is 16.9 Å². The van der Waals surface area contributed by atoms with Gasteiger partial charge in [-0.3, -0.25) is 5.32 Å². The highest BCUT2D eigenvalue weighted by Crippen LogP contribution is 2.11. The van der Waals surface area contributed by atoms with E-state index in [1.54, 1.807) is 13.0 Å². The van der Waals surface area contributed by atoms with Crippen LogP contribution in [0.25, 0.3) is 0 Å². The quantitative estimate of drug-likeness (QED) is 0.867. The van der Waals surface area contributed by atoms with Crippen molar-refractivity contribution in [3.63, 3.8) is 0 Å². The summed E-state index contributed by atoms with van der Waals surface area (Å²) in [5.41, 5.74) is 2.66. The zero-order valence-electron chi connectivity index (χ0n) is 11.2. The molecule has 0 aliphatic rings. The second-order valence-electron chi connectivity index (χ2n) is 4.39. The number of rotatable bonds is 2. The van der Waals surface area contributed by atoms with Crippen LogP contribution in [0.2, 0.25) is 0 Å². The van der Waals surface area contributed by atoms with Crippen molar-refractivity contribution < 1.29 is 4.79 Å². The minimum atomic E-state index is -0.317. The van der Waals surface area contributed by atoms with Crippen LogP contribution in [0.4, 0.5) is 16.3 Å². The molecule has 0 fully saturated rings. The largest absolute Gasteiger partial charge is 0.324 e. The van der Waals surface area contributed by atoms with Crippen molar-refractivity contribution >= 4 is 17.5 Å². The molecule has 2 N–H and O–H groups in total. The maximum Gasteiger partial charge on any atom is 0.324 e. The molecule has 2 aromatic rings. The van der Waals surface area contributed by atoms with E-state index in [0.29, 0.717) is 11.6 Å². The molecular formula is C14H16N4O. The third kappa shape index (κ3) is 3.77. The molecule has 0 radical (unpaired) electrons. The lowest BCUT2D eigenvalue weighted by atomic mass is 10.2. The van der Waals surface area contributed by atoms with Crippen LogP contribution in [0.3, 0.4) is 0 Å². The summed E-state index contributed by atoms with van der Waals surface area (Å²) in [6, 6.07) is 9.01. The van der Waals surface area contributed by atoms with E-state index in [1.165, 1.54) is 0 Å². The fourth-order valence-electron chi connectivity index (χ4n) is 1.78. The number of nitrogens with one attached hydrogen (secondary N) is 2. The summed E-state index contributed by atoms with van der Waals surface area (Å²) in [7, 11) is 0. The molecule has 1 heterocycles. The Hall–Kier alpha value is -2.43. The van der Waals surface area contributed by atoms with E-state index in [4.69, 9.17) is 0 Å². The van der Waals surface area contributed by atoms with Crippen LogP contribution in [-0.2, 0) is 0 Å². The van der Waals surface area contributed by atoms with Crippen LogP contribution in [0.5, 0.6) is 0 Å². The monoisotopic (exact) mass is 256 g/mol. The zero-order valence-corrected chi connectivity index (χ0v) is 11.2. The summed E-state index contributed by atoms with van der Waals surface area (Å²) < 4.78 is 0. The molecule has 0 aliphatic heterocycles. The Bertz CT molecular complexity index is 590. The standard InChI is InChI=1S/C14H16N4O/c1-9-5-4-6-12(7-9)17-14(19)18-13-8-10(2)15-11(3)16-13/h4-8H,1-3H3,(H2,15,16,17,18,19). The topological polar surface area (TPSA) is 66.9 Å². The van der Waals surface area contributed by atoms with Crippen LogP contribution >= 0.6 is 0 Å². The maximum atomic E-state index is 11.8. The van der Waals surface area contributed by atoms with Crippen molar-refractivity contribution in [2.24, 2.45) is 0 Å². The Kier molecular flexibility index (Phi) is 3.75. The lowest BCUT2D eigenvalue weighted by Crippen LogP contribution is -2.20. The zero-order chi connectivity index (χ0) is 13.8. The van der Waals surface area contributed by atoms with Crippen molar-refractivity contribution in [1.29, 1.82) is 0 Å². The fourth-order valence-corrected chi connectivity index (χ4v) is 1.78. The number of hydrogen-bond donors (Lipinski definition) is 2. The molecule has 1 aromatic heterocycles. The van der Waals surface area contributed by atoms with Gasteiger partial charge in [-0.1, -0.05) is 12.1 Å². The predicted molar refractivity (Wildman–Crippen MR) is 75.3 cm³/mol. The fraction of sp³-hybridized carbons (Fsp3) is 0.214. The number of amides is 2. The lowest BCUT2D eigenvalue weighted by molar-refractivity contribution is 0.262. The van der Waals surface area contributed by atoms with Gasteiger partial charge in [0.2, 0.25) is 0 Å². The van der Waals surface area contributed by atoms with E-state index in [9.17, 15) is 4.79 Å². The van der Waals surface area contributed by atoms with E-state index in [2.05, 4.69) is 20.6 Å². The molecule has 0 aliphatic carbocycles. The second-order valence-corrected chi connectivity index (χ2v) is 4.39. The summed E-state index contributed by atoms with van der Waals surface area (Å²) in [5, 5.41) is 5.45. The molecule has 1 aromatic carbocycles. The van der Waals surface area contributed by atoms with Crippen LogP contribution in [0.15, 0.2) is 30.3 Å². The SMILES string of the molecule is Cc1cccc(NC(=O)Nc2cc(C)nc(C)n2)c1. The van der Waals surface area contributed by atoms with Gasteiger partial charge in [0.1, 0.15) is 11.6 Å². The van der Waals surface area contributed by atoms with Crippen LogP contribution in [0.1, 0.15) is 17.1 Å². The summed E-state index contributed by atoms with van der Waals surface area (Å²) in [6.07, 6.45) is 0. The Morgan fingerprint density at radius 3 is 2.53 bits per heavy atom. The van der Waals surface area contributed by atoms with Gasteiger partial charge in [-0.2, -0.15) is 0 Å². The third-order valence-electron chi connectivity index (χ3n) is 2.48. The first-order valence-electron chi connectivity index (χ1n) is 6.00. The van der Waals surface area contributed by atoms with Gasteiger partial charge < -0.3 is 5.32 Å². The van der Waals surface area contributed by atoms with E-state index < -0.39 is 0 Å². The van der Waals surface area contributed by atoms with Crippen molar-refractivity contribution in [3.05, 3.63) is 47.4 Å². The molecule has 5 nitrogen and oxygen atoms in total. The van der Waals surface area contributed by atoms with Gasteiger partial charge in [-0.15, -0.1) is 0 Å². The van der Waals surface area contributed by atoms with Crippen LogP contribution < -0.4 is 10.6 Å². The molecule has 0 unspecified atom stereocenters. The Labute approximate surface area is 112 Å². The summed E-state index contributed by atoms with van der Waals surface area (Å²) in [5.74, 6) is 1.13. The highest BCUT2D eigenvalue weighted by atomic mass is 16.2. The molecule has 0 saturated carbocycles. The number of anilines is 2. The predicted octanol–water partition coefficient (Wildman–Crippen LogP) is 3.05. The molecule has 2 rings (SSSR count). The Balaban J connectivity index is 2.05. The summed E-state index contributed by atoms with van der Waals surface area (Å²) in [6.45, 7) is 5.62. The number of aromatic nitrogens is 2. The summed E-state index contributed by atoms with van der Waals surface area (Å²) in [4.78, 5) is 20.1. The first-order valence-corrected chi connectivity index (χ1v) is 6.00. The third-order valence-corrected chi connectivity index (χ3v) is 2.48. The number of urea groups is 1. The normalized spacial score (nSPS) is 10.1. The van der Waals surface area contributed by atoms with Crippen molar-refractivity contribution in [2.45, 2.75) is 20.8 Å². The van der Waals surface area contributed by atoms with Gasteiger partial charge in [-0.25, -0.2) is 14.8 Å². The molecule has 0 bridgehead atoms. The Morgan fingerprint density at radius 1 is 1.05 bits per heavy atom. The van der Waals surface area contributed by atoms with Gasteiger partial charge in [0.05, 0.1) is 0 Å². The minimum absolute atomic E-state index is 0.317. The van der Waals surface area contributed by atoms with Crippen molar-refractivity contribution in [2.75, 3.05) is 10.6 Å². The van der Waals surface area contributed by atoms with E-state index in [1.807, 2.05) is 38.1 Å².